The molecule has 0 radical (unpaired) electrons. The third kappa shape index (κ3) is 4.55. The van der Waals surface area contributed by atoms with E-state index in [1.54, 1.807) is 24.3 Å². The van der Waals surface area contributed by atoms with Crippen molar-refractivity contribution < 1.29 is 9.59 Å². The monoisotopic (exact) mass is 276 g/mol. The first-order valence-electron chi connectivity index (χ1n) is 6.80. The Morgan fingerprint density at radius 3 is 2.70 bits per heavy atom. The first-order valence-corrected chi connectivity index (χ1v) is 6.80. The van der Waals surface area contributed by atoms with E-state index in [0.29, 0.717) is 23.7 Å². The lowest BCUT2D eigenvalue weighted by atomic mass is 9.96. The van der Waals surface area contributed by atoms with Gasteiger partial charge in [-0.3, -0.25) is 4.79 Å². The summed E-state index contributed by atoms with van der Waals surface area (Å²) in [6.07, 6.45) is 2.72. The van der Waals surface area contributed by atoms with Gasteiger partial charge in [-0.1, -0.05) is 6.07 Å². The molecule has 1 heterocycles. The van der Waals surface area contributed by atoms with Gasteiger partial charge in [-0.2, -0.15) is 0 Å². The Balaban J connectivity index is 1.88. The van der Waals surface area contributed by atoms with Crippen LogP contribution < -0.4 is 21.7 Å². The number of rotatable bonds is 4. The zero-order chi connectivity index (χ0) is 14.4. The third-order valence-electron chi connectivity index (χ3n) is 3.29. The van der Waals surface area contributed by atoms with Crippen molar-refractivity contribution in [3.05, 3.63) is 24.3 Å². The van der Waals surface area contributed by atoms with Crippen molar-refractivity contribution in [3.8, 4) is 0 Å². The predicted molar refractivity (Wildman–Crippen MR) is 78.5 cm³/mol. The zero-order valence-electron chi connectivity index (χ0n) is 11.3. The van der Waals surface area contributed by atoms with Crippen LogP contribution in [0.5, 0.6) is 0 Å². The molecule has 6 heteroatoms. The summed E-state index contributed by atoms with van der Waals surface area (Å²) in [6.45, 7) is 1.94. The van der Waals surface area contributed by atoms with E-state index in [4.69, 9.17) is 5.73 Å². The van der Waals surface area contributed by atoms with Gasteiger partial charge in [-0.25, -0.2) is 4.79 Å². The van der Waals surface area contributed by atoms with Crippen LogP contribution in [-0.4, -0.2) is 25.0 Å². The molecule has 1 saturated heterocycles. The Labute approximate surface area is 118 Å². The molecule has 0 saturated carbocycles. The average molecular weight is 276 g/mol. The minimum atomic E-state index is -0.623. The zero-order valence-corrected chi connectivity index (χ0v) is 11.3. The number of primary amides is 1. The van der Waals surface area contributed by atoms with Crippen molar-refractivity contribution >= 4 is 23.3 Å². The highest BCUT2D eigenvalue weighted by Gasteiger charge is 2.16. The van der Waals surface area contributed by atoms with Crippen LogP contribution in [0.4, 0.5) is 16.2 Å². The van der Waals surface area contributed by atoms with Crippen LogP contribution in [-0.2, 0) is 4.79 Å². The summed E-state index contributed by atoms with van der Waals surface area (Å²) in [6, 6.07) is 6.31. The highest BCUT2D eigenvalue weighted by atomic mass is 16.2. The third-order valence-corrected chi connectivity index (χ3v) is 3.29. The second kappa shape index (κ2) is 6.91. The van der Waals surface area contributed by atoms with E-state index < -0.39 is 6.03 Å². The highest BCUT2D eigenvalue weighted by molar-refractivity contribution is 5.93. The summed E-state index contributed by atoms with van der Waals surface area (Å²) in [5.41, 5.74) is 6.28. The largest absolute Gasteiger partial charge is 0.351 e. The van der Waals surface area contributed by atoms with Gasteiger partial charge in [0.05, 0.1) is 0 Å². The first kappa shape index (κ1) is 14.3. The molecule has 1 aromatic carbocycles. The molecule has 0 bridgehead atoms. The van der Waals surface area contributed by atoms with Crippen LogP contribution in [0, 0.1) is 5.92 Å². The van der Waals surface area contributed by atoms with Gasteiger partial charge in [0.25, 0.3) is 0 Å². The van der Waals surface area contributed by atoms with Crippen LogP contribution in [0.3, 0.4) is 0 Å². The second-order valence-corrected chi connectivity index (χ2v) is 5.03. The molecule has 1 unspecified atom stereocenters. The van der Waals surface area contributed by atoms with Gasteiger partial charge < -0.3 is 21.7 Å². The van der Waals surface area contributed by atoms with Gasteiger partial charge in [0.1, 0.15) is 0 Å². The molecule has 0 aromatic heterocycles. The molecule has 108 valence electrons. The minimum Gasteiger partial charge on any atom is -0.351 e. The van der Waals surface area contributed by atoms with Gasteiger partial charge in [-0.05, 0) is 50.0 Å². The first-order chi connectivity index (χ1) is 9.63. The minimum absolute atomic E-state index is 0.00470. The van der Waals surface area contributed by atoms with Crippen LogP contribution in [0.2, 0.25) is 0 Å². The van der Waals surface area contributed by atoms with Crippen molar-refractivity contribution in [1.82, 2.24) is 5.32 Å². The smallest absolute Gasteiger partial charge is 0.316 e. The van der Waals surface area contributed by atoms with Gasteiger partial charge in [-0.15, -0.1) is 0 Å². The molecule has 1 atom stereocenters. The predicted octanol–water partition coefficient (Wildman–Crippen LogP) is 1.51. The maximum absolute atomic E-state index is 12.0. The van der Waals surface area contributed by atoms with Crippen molar-refractivity contribution in [1.29, 1.82) is 0 Å². The van der Waals surface area contributed by atoms with E-state index in [1.165, 1.54) is 0 Å². The average Bonchev–Trinajstić information content (AvgIpc) is 2.39. The normalized spacial score (nSPS) is 18.3. The Hall–Kier alpha value is -2.08. The summed E-state index contributed by atoms with van der Waals surface area (Å²) < 4.78 is 0. The number of nitrogens with two attached hydrogens (primary N) is 1. The van der Waals surface area contributed by atoms with Crippen molar-refractivity contribution in [3.63, 3.8) is 0 Å². The number of piperidine rings is 1. The molecule has 1 aromatic rings. The molecule has 2 rings (SSSR count). The molecule has 1 aliphatic rings. The lowest BCUT2D eigenvalue weighted by Crippen LogP contribution is -2.32. The standard InChI is InChI=1S/C14H20N4O2/c15-14(20)18-12-5-1-4-11(8-12)17-13(19)7-10-3-2-6-16-9-10/h1,4-5,8,10,16H,2-3,6-7,9H2,(H,17,19)(H3,15,18,20). The maximum Gasteiger partial charge on any atom is 0.316 e. The SMILES string of the molecule is NC(=O)Nc1cccc(NC(=O)CC2CCCNC2)c1. The molecular formula is C14H20N4O2. The number of nitrogens with one attached hydrogen (secondary N) is 3. The fourth-order valence-electron chi connectivity index (χ4n) is 2.39. The lowest BCUT2D eigenvalue weighted by molar-refractivity contribution is -0.117. The van der Waals surface area contributed by atoms with Crippen molar-refractivity contribution in [2.75, 3.05) is 23.7 Å². The summed E-state index contributed by atoms with van der Waals surface area (Å²) in [7, 11) is 0. The van der Waals surface area contributed by atoms with Crippen molar-refractivity contribution in [2.45, 2.75) is 19.3 Å². The van der Waals surface area contributed by atoms with Crippen LogP contribution in [0.25, 0.3) is 0 Å². The number of hydrogen-bond donors (Lipinski definition) is 4. The molecule has 3 amide bonds. The van der Waals surface area contributed by atoms with E-state index in [1.807, 2.05) is 0 Å². The summed E-state index contributed by atoms with van der Waals surface area (Å²) in [4.78, 5) is 22.7. The van der Waals surface area contributed by atoms with Gasteiger partial charge in [0, 0.05) is 17.8 Å². The van der Waals surface area contributed by atoms with Gasteiger partial charge in [0.15, 0.2) is 0 Å². The Morgan fingerprint density at radius 1 is 1.30 bits per heavy atom. The molecule has 0 aliphatic carbocycles. The van der Waals surface area contributed by atoms with E-state index >= 15 is 0 Å². The summed E-state index contributed by atoms with van der Waals surface area (Å²) >= 11 is 0. The molecule has 1 aliphatic heterocycles. The number of urea groups is 1. The van der Waals surface area contributed by atoms with E-state index in [0.717, 1.165) is 25.9 Å². The fourth-order valence-corrected chi connectivity index (χ4v) is 2.39. The molecule has 1 fully saturated rings. The molecule has 5 N–H and O–H groups in total. The molecule has 6 nitrogen and oxygen atoms in total. The number of carbonyl (C=O) groups excluding carboxylic acids is 2. The highest BCUT2D eigenvalue weighted by Crippen LogP contribution is 2.18. The Kier molecular flexibility index (Phi) is 4.95. The Morgan fingerprint density at radius 2 is 2.05 bits per heavy atom. The number of benzene rings is 1. The molecule has 0 spiro atoms. The molecular weight excluding hydrogens is 256 g/mol. The van der Waals surface area contributed by atoms with Crippen LogP contribution in [0.15, 0.2) is 24.3 Å². The number of hydrogen-bond acceptors (Lipinski definition) is 3. The van der Waals surface area contributed by atoms with E-state index in [2.05, 4.69) is 16.0 Å². The Bertz CT molecular complexity index is 484. The van der Waals surface area contributed by atoms with Gasteiger partial charge >= 0.3 is 6.03 Å². The molecule has 20 heavy (non-hydrogen) atoms. The number of carbonyl (C=O) groups is 2. The van der Waals surface area contributed by atoms with Crippen LogP contribution in [0.1, 0.15) is 19.3 Å². The quantitative estimate of drug-likeness (QED) is 0.671. The van der Waals surface area contributed by atoms with E-state index in [9.17, 15) is 9.59 Å². The fraction of sp³-hybridized carbons (Fsp3) is 0.429. The summed E-state index contributed by atoms with van der Waals surface area (Å²) in [5.74, 6) is 0.394. The number of anilines is 2. The summed E-state index contributed by atoms with van der Waals surface area (Å²) in [5, 5.41) is 8.61. The lowest BCUT2D eigenvalue weighted by Gasteiger charge is -2.22. The second-order valence-electron chi connectivity index (χ2n) is 5.03. The number of amides is 3. The van der Waals surface area contributed by atoms with E-state index in [-0.39, 0.29) is 5.91 Å². The topological polar surface area (TPSA) is 96.2 Å². The maximum atomic E-state index is 12.0. The van der Waals surface area contributed by atoms with Crippen LogP contribution >= 0.6 is 0 Å². The van der Waals surface area contributed by atoms with Crippen molar-refractivity contribution in [2.24, 2.45) is 11.7 Å². The van der Waals surface area contributed by atoms with Gasteiger partial charge in [0.2, 0.25) is 5.91 Å².